The van der Waals surface area contributed by atoms with Crippen LogP contribution in [0.25, 0.3) is 0 Å². The summed E-state index contributed by atoms with van der Waals surface area (Å²) in [6.45, 7) is 0.420. The van der Waals surface area contributed by atoms with Crippen molar-refractivity contribution >= 4 is 19.3 Å². The van der Waals surface area contributed by atoms with Gasteiger partial charge in [0.2, 0.25) is 0 Å². The van der Waals surface area contributed by atoms with E-state index in [0.29, 0.717) is 19.4 Å². The fourth-order valence-corrected chi connectivity index (χ4v) is 0.643. The van der Waals surface area contributed by atoms with Crippen LogP contribution in [0, 0.1) is 0 Å². The van der Waals surface area contributed by atoms with E-state index in [1.807, 2.05) is 0 Å². The molecule has 0 aromatic heterocycles. The van der Waals surface area contributed by atoms with Gasteiger partial charge in [-0.1, -0.05) is 0 Å². The van der Waals surface area contributed by atoms with E-state index in [2.05, 4.69) is 4.99 Å². The number of aliphatic imine (C=N–C) groups is 1. The number of carboxylic acid groups (broad SMARTS) is 1. The topological polar surface area (TPSA) is 188 Å². The third kappa shape index (κ3) is 18.4. The summed E-state index contributed by atoms with van der Waals surface area (Å²) in [4.78, 5) is 13.9. The molecule has 10 N–H and O–H groups in total. The van der Waals surface area contributed by atoms with Gasteiger partial charge in [-0.15, -0.1) is 0 Å². The number of aliphatic carboxylic acids is 1. The summed E-state index contributed by atoms with van der Waals surface area (Å²) in [5.74, 6) is -0.987. The first-order valence-corrected chi connectivity index (χ1v) is 4.35. The Balaban J connectivity index is 0. The van der Waals surface area contributed by atoms with Crippen LogP contribution in [-0.2, 0) is 4.79 Å². The lowest BCUT2D eigenvalue weighted by atomic mass is 10.2. The van der Waals surface area contributed by atoms with Gasteiger partial charge in [0.15, 0.2) is 5.96 Å². The predicted octanol–water partition coefficient (Wildman–Crippen LogP) is -3.60. The highest BCUT2D eigenvalue weighted by Gasteiger charge is 2.09. The maximum Gasteiger partial charge on any atom is 0.631 e. The van der Waals surface area contributed by atoms with E-state index in [1.54, 1.807) is 0 Å². The molecule has 16 heavy (non-hydrogen) atoms. The molecule has 0 aliphatic carbocycles. The molecule has 94 valence electrons. The third-order valence-corrected chi connectivity index (χ3v) is 1.28. The second-order valence-electron chi connectivity index (χ2n) is 2.74. The fraction of sp³-hybridized carbons (Fsp3) is 0.667. The van der Waals surface area contributed by atoms with Gasteiger partial charge >= 0.3 is 13.3 Å². The Labute approximate surface area is 92.8 Å². The molecule has 0 unspecified atom stereocenters. The van der Waals surface area contributed by atoms with E-state index < -0.39 is 19.3 Å². The van der Waals surface area contributed by atoms with Crippen LogP contribution < -0.4 is 17.2 Å². The number of nitrogens with two attached hydrogens (primary N) is 3. The number of hydrogen-bond acceptors (Lipinski definition) is 6. The van der Waals surface area contributed by atoms with E-state index >= 15 is 0 Å². The molecule has 1 atom stereocenters. The lowest BCUT2D eigenvalue weighted by Gasteiger charge is -2.03. The summed E-state index contributed by atoms with van der Waals surface area (Å²) in [7, 11) is -2.17. The first-order chi connectivity index (χ1) is 7.27. The van der Waals surface area contributed by atoms with Crippen LogP contribution in [0.4, 0.5) is 0 Å². The fourth-order valence-electron chi connectivity index (χ4n) is 0.643. The van der Waals surface area contributed by atoms with Gasteiger partial charge in [-0.2, -0.15) is 0 Å². The zero-order valence-electron chi connectivity index (χ0n) is 8.65. The maximum atomic E-state index is 10.2. The second-order valence-corrected chi connectivity index (χ2v) is 2.74. The van der Waals surface area contributed by atoms with Crippen molar-refractivity contribution in [1.82, 2.24) is 0 Å². The van der Waals surface area contributed by atoms with Crippen LogP contribution in [0.1, 0.15) is 12.8 Å². The minimum Gasteiger partial charge on any atom is -0.480 e. The highest BCUT2D eigenvalue weighted by molar-refractivity contribution is 6.30. The quantitative estimate of drug-likeness (QED) is 0.110. The van der Waals surface area contributed by atoms with Gasteiger partial charge in [-0.3, -0.25) is 9.79 Å². The number of hydrogen-bond donors (Lipinski definition) is 7. The van der Waals surface area contributed by atoms with Crippen molar-refractivity contribution in [2.45, 2.75) is 18.9 Å². The average molecular weight is 236 g/mol. The molecule has 0 radical (unpaired) electrons. The van der Waals surface area contributed by atoms with Crippen LogP contribution >= 0.6 is 0 Å². The molecule has 0 spiro atoms. The molecule has 0 bridgehead atoms. The van der Waals surface area contributed by atoms with Gasteiger partial charge < -0.3 is 37.4 Å². The Kier molecular flexibility index (Phi) is 10.8. The Morgan fingerprint density at radius 3 is 2.06 bits per heavy atom. The lowest BCUT2D eigenvalue weighted by Crippen LogP contribution is -2.30. The van der Waals surface area contributed by atoms with E-state index in [1.165, 1.54) is 0 Å². The Bertz CT molecular complexity index is 218. The van der Waals surface area contributed by atoms with Crippen molar-refractivity contribution in [2.75, 3.05) is 6.54 Å². The van der Waals surface area contributed by atoms with E-state index in [9.17, 15) is 4.79 Å². The summed E-state index contributed by atoms with van der Waals surface area (Å²) in [6, 6.07) is -0.820. The normalized spacial score (nSPS) is 10.8. The van der Waals surface area contributed by atoms with Crippen LogP contribution in [0.15, 0.2) is 4.99 Å². The van der Waals surface area contributed by atoms with E-state index in [4.69, 9.17) is 37.4 Å². The molecule has 0 heterocycles. The van der Waals surface area contributed by atoms with Crippen LogP contribution in [0.3, 0.4) is 0 Å². The monoisotopic (exact) mass is 236 g/mol. The van der Waals surface area contributed by atoms with Gasteiger partial charge in [0.1, 0.15) is 6.04 Å². The molecule has 0 saturated heterocycles. The van der Waals surface area contributed by atoms with Crippen molar-refractivity contribution in [3.05, 3.63) is 0 Å². The van der Waals surface area contributed by atoms with E-state index in [0.717, 1.165) is 0 Å². The number of nitrogens with zero attached hydrogens (tertiary/aromatic N) is 1. The molecule has 0 saturated carbocycles. The van der Waals surface area contributed by atoms with Crippen molar-refractivity contribution in [3.63, 3.8) is 0 Å². The second kappa shape index (κ2) is 10.2. The SMILES string of the molecule is NC(N)=NCCC[C@H](N)C(=O)O.OB(O)O. The predicted molar refractivity (Wildman–Crippen MR) is 57.9 cm³/mol. The number of rotatable bonds is 5. The van der Waals surface area contributed by atoms with Gasteiger partial charge in [0.25, 0.3) is 0 Å². The number of guanidine groups is 1. The molecule has 0 aromatic carbocycles. The molecule has 9 nitrogen and oxygen atoms in total. The average Bonchev–Trinajstić information content (AvgIpc) is 2.10. The molecule has 0 aliphatic rings. The Morgan fingerprint density at radius 2 is 1.75 bits per heavy atom. The molecule has 0 aliphatic heterocycles. The van der Waals surface area contributed by atoms with Gasteiger partial charge in [-0.25, -0.2) is 0 Å². The first kappa shape index (κ1) is 17.1. The van der Waals surface area contributed by atoms with Crippen molar-refractivity contribution < 1.29 is 25.0 Å². The summed E-state index contributed by atoms with van der Waals surface area (Å²) in [6.07, 6.45) is 0.956. The molecule has 0 amide bonds. The minimum absolute atomic E-state index is 0.0129. The maximum absolute atomic E-state index is 10.2. The van der Waals surface area contributed by atoms with Crippen LogP contribution in [0.2, 0.25) is 0 Å². The standard InChI is InChI=1S/C6H14N4O2.BH3O3/c7-4(5(11)12)2-1-3-10-6(8)9;2-1(3)4/h4H,1-3,7H2,(H,11,12)(H4,8,9,10);2-4H/t4-;/m0./s1. The van der Waals surface area contributed by atoms with Crippen molar-refractivity contribution in [2.24, 2.45) is 22.2 Å². The minimum atomic E-state index is -2.17. The molecular formula is C6H17BN4O5. The zero-order valence-corrected chi connectivity index (χ0v) is 8.65. The molecular weight excluding hydrogens is 219 g/mol. The first-order valence-electron chi connectivity index (χ1n) is 4.35. The summed E-state index contributed by atoms with van der Waals surface area (Å²) in [5.41, 5.74) is 15.3. The van der Waals surface area contributed by atoms with Crippen molar-refractivity contribution in [1.29, 1.82) is 0 Å². The third-order valence-electron chi connectivity index (χ3n) is 1.28. The summed E-state index contributed by atoms with van der Waals surface area (Å²) >= 11 is 0. The Morgan fingerprint density at radius 1 is 1.31 bits per heavy atom. The number of carboxylic acids is 1. The Hall–Kier alpha value is -1.36. The smallest absolute Gasteiger partial charge is 0.480 e. The van der Waals surface area contributed by atoms with Gasteiger partial charge in [0, 0.05) is 6.54 Å². The highest BCUT2D eigenvalue weighted by Crippen LogP contribution is 1.94. The van der Waals surface area contributed by atoms with Gasteiger partial charge in [-0.05, 0) is 12.8 Å². The molecule has 0 aromatic rings. The van der Waals surface area contributed by atoms with Crippen LogP contribution in [0.5, 0.6) is 0 Å². The van der Waals surface area contributed by atoms with Crippen LogP contribution in [-0.4, -0.2) is 52.0 Å². The number of carbonyl (C=O) groups is 1. The highest BCUT2D eigenvalue weighted by atomic mass is 16.5. The summed E-state index contributed by atoms with van der Waals surface area (Å²) in [5, 5.41) is 29.9. The van der Waals surface area contributed by atoms with Gasteiger partial charge in [0.05, 0.1) is 0 Å². The summed E-state index contributed by atoms with van der Waals surface area (Å²) < 4.78 is 0. The van der Waals surface area contributed by atoms with Crippen molar-refractivity contribution in [3.8, 4) is 0 Å². The molecule has 0 rings (SSSR count). The molecule has 0 fully saturated rings. The molecule has 10 heteroatoms. The van der Waals surface area contributed by atoms with E-state index in [-0.39, 0.29) is 5.96 Å². The lowest BCUT2D eigenvalue weighted by molar-refractivity contribution is -0.138. The largest absolute Gasteiger partial charge is 0.631 e. The zero-order chi connectivity index (χ0) is 13.1.